The minimum absolute atomic E-state index is 0.0206. The van der Waals surface area contributed by atoms with Gasteiger partial charge in [0, 0.05) is 25.9 Å². The lowest BCUT2D eigenvalue weighted by atomic mass is 10.1. The van der Waals surface area contributed by atoms with Crippen molar-refractivity contribution in [3.63, 3.8) is 0 Å². The van der Waals surface area contributed by atoms with E-state index in [4.69, 9.17) is 14.5 Å². The molecule has 0 atom stereocenters. The second kappa shape index (κ2) is 8.61. The Kier molecular flexibility index (Phi) is 5.90. The quantitative estimate of drug-likeness (QED) is 0.583. The maximum Gasteiger partial charge on any atom is 0.410 e. The highest BCUT2D eigenvalue weighted by atomic mass is 16.6. The summed E-state index contributed by atoms with van der Waals surface area (Å²) in [6, 6.07) is 17.3. The number of hydrogen-bond acceptors (Lipinski definition) is 4. The van der Waals surface area contributed by atoms with Crippen LogP contribution >= 0.6 is 0 Å². The van der Waals surface area contributed by atoms with E-state index in [9.17, 15) is 4.79 Å². The van der Waals surface area contributed by atoms with E-state index < -0.39 is 5.60 Å². The number of piperidine rings is 1. The molecular weight excluding hydrogens is 390 g/mol. The highest BCUT2D eigenvalue weighted by Gasteiger charge is 2.28. The fraction of sp³-hybridized carbons (Fsp3) is 0.440. The Morgan fingerprint density at radius 2 is 1.74 bits per heavy atom. The van der Waals surface area contributed by atoms with Crippen LogP contribution in [-0.2, 0) is 11.3 Å². The van der Waals surface area contributed by atoms with Gasteiger partial charge in [0.25, 0.3) is 6.01 Å². The van der Waals surface area contributed by atoms with Crippen LogP contribution in [0.1, 0.15) is 44.7 Å². The zero-order valence-corrected chi connectivity index (χ0v) is 18.8. The van der Waals surface area contributed by atoms with Crippen LogP contribution < -0.4 is 4.74 Å². The normalized spacial score (nSPS) is 15.3. The van der Waals surface area contributed by atoms with Gasteiger partial charge in [-0.15, -0.1) is 0 Å². The van der Waals surface area contributed by atoms with Crippen molar-refractivity contribution in [1.29, 1.82) is 0 Å². The molecule has 1 saturated heterocycles. The standard InChI is InChI=1S/C25H31N3O3/c1-18-9-11-19(12-10-18)17-28-22-8-6-5-7-21(22)26-23(28)30-20-13-15-27(16-14-20)24(29)31-25(2,3)4/h5-12,20H,13-17H2,1-4H3. The molecule has 2 heterocycles. The van der Waals surface area contributed by atoms with Crippen molar-refractivity contribution in [2.75, 3.05) is 13.1 Å². The molecule has 0 N–H and O–H groups in total. The number of para-hydroxylation sites is 2. The van der Waals surface area contributed by atoms with Gasteiger partial charge in [-0.05, 0) is 45.4 Å². The van der Waals surface area contributed by atoms with Crippen LogP contribution in [0.15, 0.2) is 48.5 Å². The Morgan fingerprint density at radius 1 is 1.06 bits per heavy atom. The number of amides is 1. The van der Waals surface area contributed by atoms with E-state index >= 15 is 0 Å². The molecule has 164 valence electrons. The number of benzene rings is 2. The minimum Gasteiger partial charge on any atom is -0.461 e. The Labute approximate surface area is 183 Å². The highest BCUT2D eigenvalue weighted by molar-refractivity contribution is 5.76. The molecule has 0 aliphatic carbocycles. The summed E-state index contributed by atoms with van der Waals surface area (Å²) in [5.74, 6) is 0. The first-order valence-corrected chi connectivity index (χ1v) is 10.9. The summed E-state index contributed by atoms with van der Waals surface area (Å²) >= 11 is 0. The summed E-state index contributed by atoms with van der Waals surface area (Å²) in [4.78, 5) is 18.8. The van der Waals surface area contributed by atoms with Gasteiger partial charge in [-0.3, -0.25) is 4.57 Å². The number of fused-ring (bicyclic) bond motifs is 1. The van der Waals surface area contributed by atoms with E-state index in [-0.39, 0.29) is 12.2 Å². The van der Waals surface area contributed by atoms with Crippen LogP contribution in [0.5, 0.6) is 6.01 Å². The number of aryl methyl sites for hydroxylation is 1. The van der Waals surface area contributed by atoms with Crippen LogP contribution in [0.3, 0.4) is 0 Å². The molecule has 1 aliphatic heterocycles. The molecule has 1 aromatic heterocycles. The lowest BCUT2D eigenvalue weighted by Crippen LogP contribution is -2.44. The largest absolute Gasteiger partial charge is 0.461 e. The fourth-order valence-corrected chi connectivity index (χ4v) is 3.80. The monoisotopic (exact) mass is 421 g/mol. The summed E-state index contributed by atoms with van der Waals surface area (Å²) in [5, 5.41) is 0. The second-order valence-electron chi connectivity index (χ2n) is 9.24. The van der Waals surface area contributed by atoms with Gasteiger partial charge in [-0.25, -0.2) is 4.79 Å². The molecule has 6 nitrogen and oxygen atoms in total. The van der Waals surface area contributed by atoms with E-state index in [1.807, 2.05) is 39.0 Å². The van der Waals surface area contributed by atoms with Crippen LogP contribution in [0, 0.1) is 6.92 Å². The fourth-order valence-electron chi connectivity index (χ4n) is 3.80. The number of ether oxygens (including phenoxy) is 2. The Hall–Kier alpha value is -3.02. The SMILES string of the molecule is Cc1ccc(Cn2c(OC3CCN(C(=O)OC(C)(C)C)CC3)nc3ccccc32)cc1. The van der Waals surface area contributed by atoms with E-state index in [0.717, 1.165) is 23.9 Å². The zero-order valence-electron chi connectivity index (χ0n) is 18.8. The summed E-state index contributed by atoms with van der Waals surface area (Å²) in [6.07, 6.45) is 1.28. The van der Waals surface area contributed by atoms with Crippen LogP contribution in [0.4, 0.5) is 4.79 Å². The Bertz CT molecular complexity index is 1040. The first-order valence-electron chi connectivity index (χ1n) is 10.9. The van der Waals surface area contributed by atoms with E-state index in [1.165, 1.54) is 11.1 Å². The average Bonchev–Trinajstić information content (AvgIpc) is 3.06. The molecule has 1 fully saturated rings. The van der Waals surface area contributed by atoms with Gasteiger partial charge in [-0.2, -0.15) is 4.98 Å². The third-order valence-corrected chi connectivity index (χ3v) is 5.45. The third-order valence-electron chi connectivity index (χ3n) is 5.45. The van der Waals surface area contributed by atoms with Crippen molar-refractivity contribution in [2.24, 2.45) is 0 Å². The van der Waals surface area contributed by atoms with Crippen LogP contribution in [0.25, 0.3) is 11.0 Å². The molecule has 0 radical (unpaired) electrons. The van der Waals surface area contributed by atoms with Crippen molar-refractivity contribution >= 4 is 17.1 Å². The second-order valence-corrected chi connectivity index (χ2v) is 9.24. The van der Waals surface area contributed by atoms with Crippen molar-refractivity contribution in [3.8, 4) is 6.01 Å². The van der Waals surface area contributed by atoms with E-state index in [2.05, 4.69) is 41.8 Å². The number of hydrogen-bond donors (Lipinski definition) is 0. The Morgan fingerprint density at radius 3 is 2.42 bits per heavy atom. The van der Waals surface area contributed by atoms with Crippen LogP contribution in [-0.4, -0.2) is 45.3 Å². The molecule has 1 amide bonds. The molecule has 0 saturated carbocycles. The molecule has 6 heteroatoms. The number of carbonyl (C=O) groups excluding carboxylic acids is 1. The van der Waals surface area contributed by atoms with Gasteiger partial charge < -0.3 is 14.4 Å². The first-order chi connectivity index (χ1) is 14.8. The molecule has 4 rings (SSSR count). The van der Waals surface area contributed by atoms with Crippen molar-refractivity contribution < 1.29 is 14.3 Å². The van der Waals surface area contributed by atoms with Gasteiger partial charge in [0.1, 0.15) is 11.7 Å². The maximum atomic E-state index is 12.3. The molecule has 0 spiro atoms. The van der Waals surface area contributed by atoms with Gasteiger partial charge in [0.15, 0.2) is 0 Å². The topological polar surface area (TPSA) is 56.6 Å². The summed E-state index contributed by atoms with van der Waals surface area (Å²) < 4.78 is 14.0. The summed E-state index contributed by atoms with van der Waals surface area (Å²) in [6.45, 7) is 9.70. The molecular formula is C25H31N3O3. The zero-order chi connectivity index (χ0) is 22.0. The summed E-state index contributed by atoms with van der Waals surface area (Å²) in [5.41, 5.74) is 3.96. The van der Waals surface area contributed by atoms with Crippen LogP contribution in [0.2, 0.25) is 0 Å². The highest BCUT2D eigenvalue weighted by Crippen LogP contribution is 2.26. The number of carbonyl (C=O) groups is 1. The number of nitrogens with zero attached hydrogens (tertiary/aromatic N) is 3. The molecule has 3 aromatic rings. The summed E-state index contributed by atoms with van der Waals surface area (Å²) in [7, 11) is 0. The number of aromatic nitrogens is 2. The lowest BCUT2D eigenvalue weighted by Gasteiger charge is -2.33. The maximum absolute atomic E-state index is 12.3. The minimum atomic E-state index is -0.481. The average molecular weight is 422 g/mol. The molecule has 1 aliphatic rings. The van der Waals surface area contributed by atoms with E-state index in [0.29, 0.717) is 25.6 Å². The van der Waals surface area contributed by atoms with Crippen molar-refractivity contribution in [1.82, 2.24) is 14.5 Å². The van der Waals surface area contributed by atoms with Crippen molar-refractivity contribution in [2.45, 2.75) is 58.8 Å². The third kappa shape index (κ3) is 5.19. The first kappa shape index (κ1) is 21.2. The number of imidazole rings is 1. The van der Waals surface area contributed by atoms with Crippen molar-refractivity contribution in [3.05, 3.63) is 59.7 Å². The molecule has 31 heavy (non-hydrogen) atoms. The Balaban J connectivity index is 1.47. The molecule has 2 aromatic carbocycles. The predicted molar refractivity (Wildman–Crippen MR) is 121 cm³/mol. The molecule has 0 bridgehead atoms. The van der Waals surface area contributed by atoms with Gasteiger partial charge >= 0.3 is 6.09 Å². The molecule has 0 unspecified atom stereocenters. The predicted octanol–water partition coefficient (Wildman–Crippen LogP) is 5.17. The van der Waals surface area contributed by atoms with Gasteiger partial charge in [0.2, 0.25) is 0 Å². The smallest absolute Gasteiger partial charge is 0.410 e. The number of likely N-dealkylation sites (tertiary alicyclic amines) is 1. The number of rotatable bonds is 4. The van der Waals surface area contributed by atoms with E-state index in [1.54, 1.807) is 4.90 Å². The van der Waals surface area contributed by atoms with Gasteiger partial charge in [0.05, 0.1) is 17.6 Å². The lowest BCUT2D eigenvalue weighted by molar-refractivity contribution is 0.0116. The van der Waals surface area contributed by atoms with Gasteiger partial charge in [-0.1, -0.05) is 42.0 Å².